The second-order valence-electron chi connectivity index (χ2n) is 4.84. The summed E-state index contributed by atoms with van der Waals surface area (Å²) >= 11 is 0. The zero-order chi connectivity index (χ0) is 13.7. The van der Waals surface area contributed by atoms with Crippen LogP contribution < -0.4 is 0 Å². The van der Waals surface area contributed by atoms with Gasteiger partial charge in [-0.15, -0.1) is 0 Å². The predicted octanol–water partition coefficient (Wildman–Crippen LogP) is 2.46. The van der Waals surface area contributed by atoms with Crippen molar-refractivity contribution < 1.29 is 9.90 Å². The highest BCUT2D eigenvalue weighted by Gasteiger charge is 2.09. The normalized spacial score (nSPS) is 12.5. The predicted molar refractivity (Wildman–Crippen MR) is 72.9 cm³/mol. The molecule has 0 fully saturated rings. The van der Waals surface area contributed by atoms with E-state index in [0.717, 1.165) is 6.42 Å². The molecule has 0 aliphatic rings. The number of nitrogens with zero attached hydrogens (tertiary/aromatic N) is 2. The highest BCUT2D eigenvalue weighted by Crippen LogP contribution is 2.18. The van der Waals surface area contributed by atoms with Crippen LogP contribution in [0.25, 0.3) is 0 Å². The molecule has 1 unspecified atom stereocenters. The molecule has 18 heavy (non-hydrogen) atoms. The van der Waals surface area contributed by atoms with Gasteiger partial charge >= 0.3 is 6.09 Å². The Morgan fingerprint density at radius 1 is 1.33 bits per heavy atom. The quantitative estimate of drug-likeness (QED) is 0.873. The fourth-order valence-corrected chi connectivity index (χ4v) is 1.70. The minimum atomic E-state index is -0.882. The van der Waals surface area contributed by atoms with E-state index in [2.05, 4.69) is 38.1 Å². The summed E-state index contributed by atoms with van der Waals surface area (Å²) in [5, 5.41) is 8.79. The topological polar surface area (TPSA) is 43.8 Å². The molecule has 1 amide bonds. The van der Waals surface area contributed by atoms with Gasteiger partial charge in [0.25, 0.3) is 0 Å². The third-order valence-electron chi connectivity index (χ3n) is 3.27. The first-order valence-corrected chi connectivity index (χ1v) is 6.11. The minimum absolute atomic E-state index is 0.363. The van der Waals surface area contributed by atoms with Gasteiger partial charge in [0.2, 0.25) is 0 Å². The molecule has 4 nitrogen and oxygen atoms in total. The summed E-state index contributed by atoms with van der Waals surface area (Å²) in [6.07, 6.45) is -0.135. The van der Waals surface area contributed by atoms with Crippen molar-refractivity contribution in [3.63, 3.8) is 0 Å². The van der Waals surface area contributed by atoms with Crippen molar-refractivity contribution in [1.82, 2.24) is 9.80 Å². The lowest BCUT2D eigenvalue weighted by Crippen LogP contribution is -2.26. The largest absolute Gasteiger partial charge is 0.465 e. The van der Waals surface area contributed by atoms with Crippen molar-refractivity contribution in [2.24, 2.45) is 0 Å². The second-order valence-corrected chi connectivity index (χ2v) is 4.84. The van der Waals surface area contributed by atoms with Crippen LogP contribution in [-0.4, -0.2) is 48.7 Å². The van der Waals surface area contributed by atoms with Crippen molar-refractivity contribution >= 4 is 6.09 Å². The molecular formula is C14H22N2O2. The van der Waals surface area contributed by atoms with Gasteiger partial charge in [0.05, 0.1) is 0 Å². The van der Waals surface area contributed by atoms with Crippen molar-refractivity contribution in [2.75, 3.05) is 27.7 Å². The van der Waals surface area contributed by atoms with Crippen molar-refractivity contribution in [3.05, 3.63) is 35.4 Å². The molecule has 0 saturated heterocycles. The van der Waals surface area contributed by atoms with Gasteiger partial charge in [0.1, 0.15) is 0 Å². The van der Waals surface area contributed by atoms with Gasteiger partial charge in [-0.2, -0.15) is 0 Å². The Balaban J connectivity index is 2.68. The van der Waals surface area contributed by atoms with E-state index in [9.17, 15) is 4.79 Å². The maximum Gasteiger partial charge on any atom is 0.407 e. The molecule has 4 heteroatoms. The summed E-state index contributed by atoms with van der Waals surface area (Å²) in [7, 11) is 5.69. The summed E-state index contributed by atoms with van der Waals surface area (Å²) in [4.78, 5) is 14.2. The minimum Gasteiger partial charge on any atom is -0.465 e. The number of rotatable bonds is 5. The SMILES string of the molecule is CC(c1cccc(CCN(C)C(=O)O)c1)N(C)C. The average Bonchev–Trinajstić information content (AvgIpc) is 2.35. The van der Waals surface area contributed by atoms with Crippen LogP contribution in [0.15, 0.2) is 24.3 Å². The Hall–Kier alpha value is -1.55. The Bertz CT molecular complexity index is 405. The molecule has 0 bridgehead atoms. The highest BCUT2D eigenvalue weighted by molar-refractivity contribution is 5.64. The van der Waals surface area contributed by atoms with Crippen LogP contribution in [0, 0.1) is 0 Å². The van der Waals surface area contributed by atoms with Gasteiger partial charge < -0.3 is 14.9 Å². The van der Waals surface area contributed by atoms with Crippen LogP contribution in [0.1, 0.15) is 24.1 Å². The Kier molecular flexibility index (Phi) is 5.16. The van der Waals surface area contributed by atoms with E-state index in [4.69, 9.17) is 5.11 Å². The van der Waals surface area contributed by atoms with Crippen molar-refractivity contribution in [2.45, 2.75) is 19.4 Å². The van der Waals surface area contributed by atoms with E-state index in [1.165, 1.54) is 16.0 Å². The number of likely N-dealkylation sites (N-methyl/N-ethyl adjacent to an activating group) is 1. The first-order valence-electron chi connectivity index (χ1n) is 6.11. The van der Waals surface area contributed by atoms with E-state index in [0.29, 0.717) is 12.6 Å². The number of carboxylic acid groups (broad SMARTS) is 1. The maximum absolute atomic E-state index is 10.7. The third-order valence-corrected chi connectivity index (χ3v) is 3.27. The number of benzene rings is 1. The monoisotopic (exact) mass is 250 g/mol. The molecule has 0 saturated carbocycles. The van der Waals surface area contributed by atoms with Gasteiger partial charge in [0, 0.05) is 19.6 Å². The van der Waals surface area contributed by atoms with Gasteiger partial charge in [-0.05, 0) is 38.6 Å². The maximum atomic E-state index is 10.7. The lowest BCUT2D eigenvalue weighted by atomic mass is 10.0. The van der Waals surface area contributed by atoms with E-state index in [1.807, 2.05) is 12.1 Å². The number of amides is 1. The van der Waals surface area contributed by atoms with Crippen molar-refractivity contribution in [3.8, 4) is 0 Å². The molecular weight excluding hydrogens is 228 g/mol. The van der Waals surface area contributed by atoms with Crippen LogP contribution in [-0.2, 0) is 6.42 Å². The number of carbonyl (C=O) groups is 1. The lowest BCUT2D eigenvalue weighted by Gasteiger charge is -2.21. The molecule has 0 aliphatic carbocycles. The van der Waals surface area contributed by atoms with Gasteiger partial charge in [-0.25, -0.2) is 4.79 Å². The van der Waals surface area contributed by atoms with E-state index >= 15 is 0 Å². The molecule has 0 heterocycles. The van der Waals surface area contributed by atoms with Crippen LogP contribution >= 0.6 is 0 Å². The molecule has 1 atom stereocenters. The Labute approximate surface area is 109 Å². The summed E-state index contributed by atoms with van der Waals surface area (Å²) in [5.41, 5.74) is 2.43. The van der Waals surface area contributed by atoms with E-state index < -0.39 is 6.09 Å². The number of hydrogen-bond donors (Lipinski definition) is 1. The summed E-state index contributed by atoms with van der Waals surface area (Å²) in [5.74, 6) is 0. The highest BCUT2D eigenvalue weighted by atomic mass is 16.4. The second kappa shape index (κ2) is 6.40. The van der Waals surface area contributed by atoms with Crippen molar-refractivity contribution in [1.29, 1.82) is 0 Å². The molecule has 1 aromatic rings. The lowest BCUT2D eigenvalue weighted by molar-refractivity contribution is 0.156. The smallest absolute Gasteiger partial charge is 0.407 e. The molecule has 0 radical (unpaired) electrons. The molecule has 1 rings (SSSR count). The van der Waals surface area contributed by atoms with Crippen LogP contribution in [0.2, 0.25) is 0 Å². The summed E-state index contributed by atoms with van der Waals surface area (Å²) < 4.78 is 0. The first-order chi connectivity index (χ1) is 8.41. The van der Waals surface area contributed by atoms with Gasteiger partial charge in [-0.1, -0.05) is 24.3 Å². The summed E-state index contributed by atoms with van der Waals surface area (Å²) in [6.45, 7) is 2.68. The summed E-state index contributed by atoms with van der Waals surface area (Å²) in [6, 6.07) is 8.70. The van der Waals surface area contributed by atoms with Crippen LogP contribution in [0.5, 0.6) is 0 Å². The third kappa shape index (κ3) is 4.04. The molecule has 100 valence electrons. The van der Waals surface area contributed by atoms with E-state index in [-0.39, 0.29) is 0 Å². The average molecular weight is 250 g/mol. The molecule has 0 aliphatic heterocycles. The molecule has 1 aromatic carbocycles. The molecule has 1 N–H and O–H groups in total. The Morgan fingerprint density at radius 2 is 2.00 bits per heavy atom. The van der Waals surface area contributed by atoms with Crippen LogP contribution in [0.3, 0.4) is 0 Å². The van der Waals surface area contributed by atoms with Gasteiger partial charge in [0.15, 0.2) is 0 Å². The Morgan fingerprint density at radius 3 is 2.56 bits per heavy atom. The standard InChI is InChI=1S/C14H22N2O2/c1-11(15(2)3)13-7-5-6-12(10-13)8-9-16(4)14(17)18/h5-7,10-11H,8-9H2,1-4H3,(H,17,18). The number of hydrogen-bond acceptors (Lipinski definition) is 2. The molecule has 0 spiro atoms. The zero-order valence-electron chi connectivity index (χ0n) is 11.6. The first kappa shape index (κ1) is 14.5. The fourth-order valence-electron chi connectivity index (χ4n) is 1.70. The fraction of sp³-hybridized carbons (Fsp3) is 0.500. The van der Waals surface area contributed by atoms with Gasteiger partial charge in [-0.3, -0.25) is 0 Å². The van der Waals surface area contributed by atoms with Crippen LogP contribution in [0.4, 0.5) is 4.79 Å². The zero-order valence-corrected chi connectivity index (χ0v) is 11.6. The van der Waals surface area contributed by atoms with E-state index in [1.54, 1.807) is 7.05 Å². The molecule has 0 aromatic heterocycles.